The van der Waals surface area contributed by atoms with Crippen LogP contribution in [0.2, 0.25) is 0 Å². The Kier molecular flexibility index (Phi) is 7.18. The zero-order chi connectivity index (χ0) is 16.4. The summed E-state index contributed by atoms with van der Waals surface area (Å²) in [4.78, 5) is 34.0. The number of anilines is 1. The van der Waals surface area contributed by atoms with Crippen molar-refractivity contribution in [3.8, 4) is 5.75 Å². The molecule has 7 heteroatoms. The van der Waals surface area contributed by atoms with Crippen LogP contribution in [-0.4, -0.2) is 38.2 Å². The lowest BCUT2D eigenvalue weighted by atomic mass is 10.3. The Balaban J connectivity index is 2.43. The van der Waals surface area contributed by atoms with Gasteiger partial charge in [0.1, 0.15) is 5.75 Å². The molecule has 1 N–H and O–H groups in total. The molecule has 0 saturated carbocycles. The highest BCUT2D eigenvalue weighted by Crippen LogP contribution is 2.22. The lowest BCUT2D eigenvalue weighted by Crippen LogP contribution is -2.20. The predicted molar refractivity (Wildman–Crippen MR) is 78.4 cm³/mol. The number of ether oxygens (including phenoxy) is 3. The van der Waals surface area contributed by atoms with E-state index in [9.17, 15) is 14.4 Å². The molecule has 0 aliphatic carbocycles. The van der Waals surface area contributed by atoms with Crippen molar-refractivity contribution in [1.82, 2.24) is 0 Å². The fourth-order valence-corrected chi connectivity index (χ4v) is 1.45. The molecule has 0 aliphatic rings. The molecule has 1 amide bonds. The number of carbonyl (C=O) groups is 3. The molecule has 0 aliphatic heterocycles. The fourth-order valence-electron chi connectivity index (χ4n) is 1.45. The zero-order valence-corrected chi connectivity index (χ0v) is 12.3. The Morgan fingerprint density at radius 2 is 1.73 bits per heavy atom. The largest absolute Gasteiger partial charge is 0.495 e. The maximum absolute atomic E-state index is 11.7. The molecule has 0 fully saturated rings. The second-order valence-corrected chi connectivity index (χ2v) is 3.94. The first-order valence-electron chi connectivity index (χ1n) is 6.51. The highest BCUT2D eigenvalue weighted by atomic mass is 16.5. The van der Waals surface area contributed by atoms with E-state index >= 15 is 0 Å². The number of carbonyl (C=O) groups excluding carboxylic acids is 3. The van der Waals surface area contributed by atoms with E-state index in [4.69, 9.17) is 9.47 Å². The van der Waals surface area contributed by atoms with Crippen molar-refractivity contribution in [2.45, 2.75) is 6.92 Å². The number of amides is 1. The Morgan fingerprint density at radius 1 is 1.09 bits per heavy atom. The summed E-state index contributed by atoms with van der Waals surface area (Å²) in [6, 6.07) is 6.82. The third-order valence-corrected chi connectivity index (χ3v) is 2.37. The van der Waals surface area contributed by atoms with Crippen LogP contribution >= 0.6 is 0 Å². The fraction of sp³-hybridized carbons (Fsp3) is 0.267. The summed E-state index contributed by atoms with van der Waals surface area (Å²) in [5, 5.41) is 2.55. The Bertz CT molecular complexity index is 567. The van der Waals surface area contributed by atoms with Gasteiger partial charge in [0, 0.05) is 12.2 Å². The van der Waals surface area contributed by atoms with Crippen LogP contribution in [-0.2, 0) is 23.9 Å². The number of nitrogens with one attached hydrogen (secondary N) is 1. The molecule has 1 aromatic carbocycles. The van der Waals surface area contributed by atoms with Gasteiger partial charge >= 0.3 is 11.9 Å². The van der Waals surface area contributed by atoms with Crippen LogP contribution in [0, 0.1) is 0 Å². The van der Waals surface area contributed by atoms with Crippen molar-refractivity contribution in [3.05, 3.63) is 36.4 Å². The van der Waals surface area contributed by atoms with Crippen LogP contribution in [0.4, 0.5) is 5.69 Å². The molecule has 0 saturated heterocycles. The molecule has 118 valence electrons. The van der Waals surface area contributed by atoms with Crippen LogP contribution < -0.4 is 10.1 Å². The summed E-state index contributed by atoms with van der Waals surface area (Å²) in [7, 11) is 1.48. The van der Waals surface area contributed by atoms with E-state index in [1.165, 1.54) is 7.11 Å². The van der Waals surface area contributed by atoms with Crippen molar-refractivity contribution in [3.63, 3.8) is 0 Å². The summed E-state index contributed by atoms with van der Waals surface area (Å²) < 4.78 is 14.4. The van der Waals surface area contributed by atoms with Gasteiger partial charge in [0.25, 0.3) is 5.91 Å². The summed E-state index contributed by atoms with van der Waals surface area (Å²) in [6.45, 7) is 1.37. The van der Waals surface area contributed by atoms with Crippen molar-refractivity contribution in [1.29, 1.82) is 0 Å². The van der Waals surface area contributed by atoms with E-state index < -0.39 is 24.5 Å². The third-order valence-electron chi connectivity index (χ3n) is 2.37. The highest BCUT2D eigenvalue weighted by molar-refractivity contribution is 5.96. The molecule has 0 heterocycles. The van der Waals surface area contributed by atoms with Gasteiger partial charge in [0.2, 0.25) is 0 Å². The van der Waals surface area contributed by atoms with Crippen LogP contribution in [0.25, 0.3) is 0 Å². The summed E-state index contributed by atoms with van der Waals surface area (Å²) in [5.74, 6) is -1.51. The Hall–Kier alpha value is -2.83. The van der Waals surface area contributed by atoms with Crippen LogP contribution in [0.15, 0.2) is 36.4 Å². The Labute approximate surface area is 127 Å². The zero-order valence-electron chi connectivity index (χ0n) is 12.3. The van der Waals surface area contributed by atoms with E-state index in [1.807, 2.05) is 0 Å². The smallest absolute Gasteiger partial charge is 0.331 e. The van der Waals surface area contributed by atoms with E-state index in [-0.39, 0.29) is 6.61 Å². The molecule has 1 aromatic rings. The van der Waals surface area contributed by atoms with Gasteiger partial charge in [0.15, 0.2) is 6.61 Å². The minimum atomic E-state index is -0.816. The summed E-state index contributed by atoms with van der Waals surface area (Å²) >= 11 is 0. The number of hydrogen-bond donors (Lipinski definition) is 1. The quantitative estimate of drug-likeness (QED) is 0.603. The van der Waals surface area contributed by atoms with E-state index in [0.29, 0.717) is 11.4 Å². The second-order valence-electron chi connectivity index (χ2n) is 3.94. The van der Waals surface area contributed by atoms with Gasteiger partial charge in [0.05, 0.1) is 19.4 Å². The molecule has 7 nitrogen and oxygen atoms in total. The van der Waals surface area contributed by atoms with E-state index in [1.54, 1.807) is 31.2 Å². The highest BCUT2D eigenvalue weighted by Gasteiger charge is 2.09. The minimum absolute atomic E-state index is 0.208. The van der Waals surface area contributed by atoms with Crippen LogP contribution in [0.3, 0.4) is 0 Å². The lowest BCUT2D eigenvalue weighted by Gasteiger charge is -2.09. The van der Waals surface area contributed by atoms with E-state index in [0.717, 1.165) is 12.2 Å². The van der Waals surface area contributed by atoms with Crippen molar-refractivity contribution in [2.24, 2.45) is 0 Å². The molecule has 0 radical (unpaired) electrons. The average molecular weight is 307 g/mol. The number of esters is 2. The second kappa shape index (κ2) is 9.17. The molecule has 0 spiro atoms. The van der Waals surface area contributed by atoms with Crippen LogP contribution in [0.5, 0.6) is 5.75 Å². The molecular formula is C15H17NO6. The summed E-state index contributed by atoms with van der Waals surface area (Å²) in [6.07, 6.45) is 1.83. The third kappa shape index (κ3) is 6.08. The topological polar surface area (TPSA) is 90.9 Å². The number of para-hydroxylation sites is 2. The van der Waals surface area contributed by atoms with Gasteiger partial charge in [-0.3, -0.25) is 4.79 Å². The normalized spacial score (nSPS) is 10.1. The predicted octanol–water partition coefficient (Wildman–Crippen LogP) is 1.30. The molecule has 0 atom stereocenters. The van der Waals surface area contributed by atoms with Crippen molar-refractivity contribution >= 4 is 23.5 Å². The van der Waals surface area contributed by atoms with Gasteiger partial charge in [-0.15, -0.1) is 0 Å². The van der Waals surface area contributed by atoms with E-state index in [2.05, 4.69) is 10.1 Å². The maximum atomic E-state index is 11.7. The lowest BCUT2D eigenvalue weighted by molar-refractivity contribution is -0.143. The number of methoxy groups -OCH3 is 1. The first-order valence-corrected chi connectivity index (χ1v) is 6.51. The minimum Gasteiger partial charge on any atom is -0.495 e. The van der Waals surface area contributed by atoms with Gasteiger partial charge < -0.3 is 19.5 Å². The molecule has 22 heavy (non-hydrogen) atoms. The summed E-state index contributed by atoms with van der Waals surface area (Å²) in [5.41, 5.74) is 0.466. The molecule has 1 rings (SSSR count). The molecular weight excluding hydrogens is 290 g/mol. The monoisotopic (exact) mass is 307 g/mol. The Morgan fingerprint density at radius 3 is 2.36 bits per heavy atom. The number of benzene rings is 1. The average Bonchev–Trinajstić information content (AvgIpc) is 2.51. The number of rotatable bonds is 7. The van der Waals surface area contributed by atoms with Gasteiger partial charge in [-0.05, 0) is 19.1 Å². The molecule has 0 bridgehead atoms. The van der Waals surface area contributed by atoms with Crippen molar-refractivity contribution < 1.29 is 28.6 Å². The van der Waals surface area contributed by atoms with Gasteiger partial charge in [-0.25, -0.2) is 9.59 Å². The SMILES string of the molecule is CCOC(=O)C=CC(=O)OCC(=O)Nc1ccccc1OC. The first-order chi connectivity index (χ1) is 10.6. The number of hydrogen-bond acceptors (Lipinski definition) is 6. The van der Waals surface area contributed by atoms with Gasteiger partial charge in [-0.1, -0.05) is 12.1 Å². The standard InChI is InChI=1S/C15H17NO6/c1-3-21-14(18)8-9-15(19)22-10-13(17)16-11-6-4-5-7-12(11)20-2/h4-9H,3,10H2,1-2H3,(H,16,17). The first kappa shape index (κ1) is 17.2. The molecule has 0 unspecified atom stereocenters. The van der Waals surface area contributed by atoms with Crippen molar-refractivity contribution in [2.75, 3.05) is 25.6 Å². The molecule has 0 aromatic heterocycles. The van der Waals surface area contributed by atoms with Gasteiger partial charge in [-0.2, -0.15) is 0 Å². The van der Waals surface area contributed by atoms with Crippen LogP contribution in [0.1, 0.15) is 6.92 Å². The maximum Gasteiger partial charge on any atom is 0.331 e.